The summed E-state index contributed by atoms with van der Waals surface area (Å²) in [7, 11) is -9.27. The van der Waals surface area contributed by atoms with Crippen LogP contribution in [0.4, 0.5) is 0 Å². The third-order valence-electron chi connectivity index (χ3n) is 3.12. The maximum Gasteiger partial charge on any atom is 0.358 e. The van der Waals surface area contributed by atoms with Crippen LogP contribution in [-0.2, 0) is 17.9 Å². The number of hydrogen-bond donors (Lipinski definition) is 1. The van der Waals surface area contributed by atoms with Gasteiger partial charge in [-0.1, -0.05) is 48.0 Å². The van der Waals surface area contributed by atoms with Crippen molar-refractivity contribution in [2.75, 3.05) is 0 Å². The first kappa shape index (κ1) is 17.2. The van der Waals surface area contributed by atoms with Gasteiger partial charge in [-0.05, 0) is 31.5 Å². The fourth-order valence-corrected chi connectivity index (χ4v) is 4.32. The summed E-state index contributed by atoms with van der Waals surface area (Å²) in [6.45, 7) is 3.35. The molecule has 0 radical (unpaired) electrons. The van der Waals surface area contributed by atoms with Gasteiger partial charge in [-0.3, -0.25) is 0 Å². The van der Waals surface area contributed by atoms with Crippen LogP contribution in [0.15, 0.2) is 64.6 Å². The van der Waals surface area contributed by atoms with Crippen LogP contribution < -0.4 is 4.83 Å². The summed E-state index contributed by atoms with van der Waals surface area (Å²) in [4.78, 5) is 1.48. The standard InChI is InChI=1S/C15H16N2O4S2/c1-12-8-10-15(11-9-12)22(18,19)23(20,21)17-16-13(2)14-6-4-3-5-7-14/h3-11,17H,1-2H3/b16-13+. The number of nitrogens with one attached hydrogen (secondary N) is 1. The molecule has 0 amide bonds. The van der Waals surface area contributed by atoms with Crippen molar-refractivity contribution in [3.8, 4) is 0 Å². The van der Waals surface area contributed by atoms with Crippen molar-refractivity contribution in [1.82, 2.24) is 4.83 Å². The van der Waals surface area contributed by atoms with Crippen LogP contribution in [0.5, 0.6) is 0 Å². The maximum absolute atomic E-state index is 12.2. The van der Waals surface area contributed by atoms with Gasteiger partial charge in [0.15, 0.2) is 0 Å². The highest BCUT2D eigenvalue weighted by Gasteiger charge is 2.31. The highest BCUT2D eigenvalue weighted by Crippen LogP contribution is 2.16. The summed E-state index contributed by atoms with van der Waals surface area (Å²) < 4.78 is 48.5. The average molecular weight is 352 g/mol. The second-order valence-corrected chi connectivity index (χ2v) is 9.98. The molecule has 0 aromatic heterocycles. The molecule has 0 aliphatic rings. The van der Waals surface area contributed by atoms with E-state index in [2.05, 4.69) is 5.10 Å². The third-order valence-corrected chi connectivity index (χ3v) is 7.39. The monoisotopic (exact) mass is 352 g/mol. The Morgan fingerprint density at radius 3 is 2.04 bits per heavy atom. The van der Waals surface area contributed by atoms with E-state index in [9.17, 15) is 16.8 Å². The Morgan fingerprint density at radius 2 is 1.48 bits per heavy atom. The lowest BCUT2D eigenvalue weighted by Crippen LogP contribution is -2.28. The largest absolute Gasteiger partial charge is 0.358 e. The molecule has 2 rings (SSSR count). The maximum atomic E-state index is 12.2. The summed E-state index contributed by atoms with van der Waals surface area (Å²) in [5.41, 5.74) is 1.86. The van der Waals surface area contributed by atoms with E-state index in [1.165, 1.54) is 24.3 Å². The predicted molar refractivity (Wildman–Crippen MR) is 89.1 cm³/mol. The van der Waals surface area contributed by atoms with Gasteiger partial charge in [0.2, 0.25) is 0 Å². The minimum atomic E-state index is -4.69. The van der Waals surface area contributed by atoms with Crippen LogP contribution in [0, 0.1) is 6.92 Å². The summed E-state index contributed by atoms with van der Waals surface area (Å²) in [6, 6.07) is 14.4. The zero-order valence-electron chi connectivity index (χ0n) is 12.6. The van der Waals surface area contributed by atoms with Gasteiger partial charge in [-0.25, -0.2) is 8.42 Å². The predicted octanol–water partition coefficient (Wildman–Crippen LogP) is 2.03. The van der Waals surface area contributed by atoms with Crippen LogP contribution in [-0.4, -0.2) is 22.5 Å². The molecule has 0 fully saturated rings. The zero-order chi connectivity index (χ0) is 17.1. The van der Waals surface area contributed by atoms with Crippen molar-refractivity contribution in [2.45, 2.75) is 18.7 Å². The average Bonchev–Trinajstić information content (AvgIpc) is 2.53. The molecule has 23 heavy (non-hydrogen) atoms. The molecular weight excluding hydrogens is 336 g/mol. The molecule has 2 aromatic rings. The van der Waals surface area contributed by atoms with Crippen molar-refractivity contribution >= 4 is 23.6 Å². The van der Waals surface area contributed by atoms with Gasteiger partial charge >= 0.3 is 17.9 Å². The van der Waals surface area contributed by atoms with E-state index in [0.717, 1.165) is 5.56 Å². The molecule has 122 valence electrons. The Balaban J connectivity index is 2.30. The first-order chi connectivity index (χ1) is 10.7. The van der Waals surface area contributed by atoms with Gasteiger partial charge in [-0.2, -0.15) is 18.4 Å². The second kappa shape index (κ2) is 6.51. The number of hydrazone groups is 1. The summed E-state index contributed by atoms with van der Waals surface area (Å²) in [6.07, 6.45) is 0. The van der Waals surface area contributed by atoms with Crippen molar-refractivity contribution in [1.29, 1.82) is 0 Å². The van der Waals surface area contributed by atoms with Gasteiger partial charge in [0.05, 0.1) is 10.6 Å². The fraction of sp³-hybridized carbons (Fsp3) is 0.133. The lowest BCUT2D eigenvalue weighted by Gasteiger charge is -2.07. The van der Waals surface area contributed by atoms with Crippen LogP contribution in [0.2, 0.25) is 0 Å². The molecule has 2 aromatic carbocycles. The van der Waals surface area contributed by atoms with E-state index >= 15 is 0 Å². The minimum Gasteiger partial charge on any atom is -0.205 e. The molecule has 0 atom stereocenters. The second-order valence-electron chi connectivity index (χ2n) is 4.88. The fourth-order valence-electron chi connectivity index (χ4n) is 1.75. The van der Waals surface area contributed by atoms with E-state index in [1.807, 2.05) is 6.07 Å². The van der Waals surface area contributed by atoms with Crippen molar-refractivity contribution in [2.24, 2.45) is 5.10 Å². The first-order valence-electron chi connectivity index (χ1n) is 6.67. The lowest BCUT2D eigenvalue weighted by molar-refractivity contribution is 0.575. The normalized spacial score (nSPS) is 12.9. The van der Waals surface area contributed by atoms with E-state index in [0.29, 0.717) is 11.3 Å². The molecule has 0 saturated heterocycles. The first-order valence-corrected chi connectivity index (χ1v) is 10.2. The molecule has 6 nitrogen and oxygen atoms in total. The van der Waals surface area contributed by atoms with Gasteiger partial charge in [0.1, 0.15) is 0 Å². The Bertz CT molecular complexity index is 917. The highest BCUT2D eigenvalue weighted by molar-refractivity contribution is 8.66. The summed E-state index contributed by atoms with van der Waals surface area (Å²) >= 11 is 0. The van der Waals surface area contributed by atoms with Crippen molar-refractivity contribution < 1.29 is 16.8 Å². The van der Waals surface area contributed by atoms with Gasteiger partial charge < -0.3 is 0 Å². The number of benzene rings is 2. The molecule has 8 heteroatoms. The lowest BCUT2D eigenvalue weighted by atomic mass is 10.1. The summed E-state index contributed by atoms with van der Waals surface area (Å²) in [5, 5.41) is 3.67. The molecule has 0 heterocycles. The van der Waals surface area contributed by atoms with Crippen LogP contribution in [0.1, 0.15) is 18.1 Å². The van der Waals surface area contributed by atoms with E-state index in [4.69, 9.17) is 0 Å². The van der Waals surface area contributed by atoms with E-state index in [-0.39, 0.29) is 4.90 Å². The van der Waals surface area contributed by atoms with Crippen LogP contribution in [0.25, 0.3) is 0 Å². The van der Waals surface area contributed by atoms with Gasteiger partial charge in [0.25, 0.3) is 0 Å². The molecule has 0 bridgehead atoms. The van der Waals surface area contributed by atoms with Crippen LogP contribution in [0.3, 0.4) is 0 Å². The molecule has 0 aliphatic heterocycles. The van der Waals surface area contributed by atoms with Crippen molar-refractivity contribution in [3.05, 3.63) is 65.7 Å². The molecule has 0 spiro atoms. The van der Waals surface area contributed by atoms with E-state index in [1.54, 1.807) is 42.9 Å². The summed E-state index contributed by atoms with van der Waals surface area (Å²) in [5.74, 6) is 0. The van der Waals surface area contributed by atoms with Crippen LogP contribution >= 0.6 is 0 Å². The van der Waals surface area contributed by atoms with Gasteiger partial charge in [0, 0.05) is 0 Å². The Labute approximate surface area is 135 Å². The Hall–Kier alpha value is -2.19. The number of nitrogens with zero attached hydrogens (tertiary/aromatic N) is 1. The minimum absolute atomic E-state index is 0.303. The zero-order valence-corrected chi connectivity index (χ0v) is 14.2. The molecular formula is C15H16N2O4S2. The number of hydrogen-bond acceptors (Lipinski definition) is 5. The SMILES string of the molecule is C/C(=N\NS(=O)(=O)S(=O)(=O)c1ccc(C)cc1)c1ccccc1. The molecule has 1 N–H and O–H groups in total. The number of rotatable bonds is 5. The van der Waals surface area contributed by atoms with Gasteiger partial charge in [-0.15, -0.1) is 0 Å². The highest BCUT2D eigenvalue weighted by atomic mass is 33.2. The Kier molecular flexibility index (Phi) is 4.86. The smallest absolute Gasteiger partial charge is 0.205 e. The molecule has 0 aliphatic carbocycles. The number of aryl methyl sites for hydroxylation is 1. The van der Waals surface area contributed by atoms with E-state index < -0.39 is 17.9 Å². The third kappa shape index (κ3) is 3.77. The molecule has 0 unspecified atom stereocenters. The quantitative estimate of drug-likeness (QED) is 0.506. The Morgan fingerprint density at radius 1 is 0.913 bits per heavy atom. The molecule has 0 saturated carbocycles. The topological polar surface area (TPSA) is 92.7 Å². The van der Waals surface area contributed by atoms with Crippen molar-refractivity contribution in [3.63, 3.8) is 0 Å².